The van der Waals surface area contributed by atoms with Crippen molar-refractivity contribution in [3.8, 4) is 5.75 Å². The minimum absolute atomic E-state index is 0. The van der Waals surface area contributed by atoms with Crippen LogP contribution >= 0.6 is 0 Å². The standard InChI is InChI=1S/C11H14N2O5.Na/c1-4-11(2,3)7-5-8(12(15)16)10(14)9(6-7)13(17)18;/h5-6,14H,4H2,1-3H3;/q;+1/p-1. The molecule has 0 saturated heterocycles. The second-order valence-electron chi connectivity index (χ2n) is 4.60. The van der Waals surface area contributed by atoms with Crippen molar-refractivity contribution in [3.05, 3.63) is 37.9 Å². The van der Waals surface area contributed by atoms with Gasteiger partial charge in [0.05, 0.1) is 15.6 Å². The molecule has 0 saturated carbocycles. The predicted molar refractivity (Wildman–Crippen MR) is 62.5 cm³/mol. The van der Waals surface area contributed by atoms with E-state index in [4.69, 9.17) is 0 Å². The molecule has 0 unspecified atom stereocenters. The first-order valence-electron chi connectivity index (χ1n) is 5.35. The number of hydrogen-bond acceptors (Lipinski definition) is 5. The fraction of sp³-hybridized carbons (Fsp3) is 0.455. The quantitative estimate of drug-likeness (QED) is 0.409. The Balaban J connectivity index is 0.00000324. The number of nitro groups is 2. The van der Waals surface area contributed by atoms with Gasteiger partial charge in [-0.15, -0.1) is 0 Å². The largest absolute Gasteiger partial charge is 1.00 e. The third-order valence-corrected chi connectivity index (χ3v) is 3.11. The topological polar surface area (TPSA) is 109 Å². The van der Waals surface area contributed by atoms with Gasteiger partial charge in [-0.2, -0.15) is 0 Å². The number of hydrogen-bond donors (Lipinski definition) is 0. The van der Waals surface area contributed by atoms with Crippen LogP contribution in [0.3, 0.4) is 0 Å². The maximum atomic E-state index is 11.5. The first-order chi connectivity index (χ1) is 8.20. The van der Waals surface area contributed by atoms with Crippen LogP contribution in [0.2, 0.25) is 0 Å². The molecule has 0 aliphatic rings. The zero-order chi connectivity index (χ0) is 14.1. The number of nitrogens with zero attached hydrogens (tertiary/aromatic N) is 2. The van der Waals surface area contributed by atoms with E-state index >= 15 is 0 Å². The fourth-order valence-electron chi connectivity index (χ4n) is 1.46. The molecule has 7 nitrogen and oxygen atoms in total. The van der Waals surface area contributed by atoms with E-state index in [1.54, 1.807) is 13.8 Å². The molecule has 19 heavy (non-hydrogen) atoms. The molecular weight excluding hydrogens is 263 g/mol. The van der Waals surface area contributed by atoms with E-state index in [0.29, 0.717) is 12.0 Å². The van der Waals surface area contributed by atoms with Crippen molar-refractivity contribution < 1.29 is 44.5 Å². The van der Waals surface area contributed by atoms with Gasteiger partial charge in [0.25, 0.3) is 11.4 Å². The van der Waals surface area contributed by atoms with Crippen molar-refractivity contribution in [1.82, 2.24) is 0 Å². The average Bonchev–Trinajstić information content (AvgIpc) is 2.28. The van der Waals surface area contributed by atoms with Crippen LogP contribution in [0, 0.1) is 20.2 Å². The van der Waals surface area contributed by atoms with Crippen LogP contribution in [0.4, 0.5) is 11.4 Å². The Labute approximate surface area is 132 Å². The Morgan fingerprint density at radius 2 is 1.47 bits per heavy atom. The van der Waals surface area contributed by atoms with Gasteiger partial charge in [0.2, 0.25) is 0 Å². The smallest absolute Gasteiger partial charge is 0.863 e. The number of benzene rings is 1. The Morgan fingerprint density at radius 3 is 1.74 bits per heavy atom. The van der Waals surface area contributed by atoms with Gasteiger partial charge in [0, 0.05) is 12.1 Å². The van der Waals surface area contributed by atoms with Crippen molar-refractivity contribution >= 4 is 11.4 Å². The van der Waals surface area contributed by atoms with Gasteiger partial charge >= 0.3 is 29.6 Å². The molecule has 0 bridgehead atoms. The average molecular weight is 276 g/mol. The van der Waals surface area contributed by atoms with Crippen LogP contribution in [-0.2, 0) is 5.41 Å². The van der Waals surface area contributed by atoms with E-state index in [1.165, 1.54) is 0 Å². The molecule has 1 rings (SSSR count). The maximum Gasteiger partial charge on any atom is 1.00 e. The Morgan fingerprint density at radius 1 is 1.11 bits per heavy atom. The Kier molecular flexibility index (Phi) is 5.92. The first-order valence-corrected chi connectivity index (χ1v) is 5.35. The second-order valence-corrected chi connectivity index (χ2v) is 4.60. The molecule has 98 valence electrons. The zero-order valence-electron chi connectivity index (χ0n) is 11.3. The summed E-state index contributed by atoms with van der Waals surface area (Å²) >= 11 is 0. The van der Waals surface area contributed by atoms with Gasteiger partial charge in [-0.05, 0) is 17.4 Å². The molecule has 0 fully saturated rings. The van der Waals surface area contributed by atoms with Gasteiger partial charge in [-0.25, -0.2) is 0 Å². The molecular formula is C11H13N2NaO5. The van der Waals surface area contributed by atoms with Crippen molar-refractivity contribution in [3.63, 3.8) is 0 Å². The van der Waals surface area contributed by atoms with Crippen LogP contribution in [0.25, 0.3) is 0 Å². The van der Waals surface area contributed by atoms with Gasteiger partial charge in [-0.3, -0.25) is 20.2 Å². The van der Waals surface area contributed by atoms with E-state index in [2.05, 4.69) is 0 Å². The zero-order valence-corrected chi connectivity index (χ0v) is 13.3. The molecule has 0 aromatic heterocycles. The molecule has 0 atom stereocenters. The van der Waals surface area contributed by atoms with Crippen molar-refractivity contribution in [1.29, 1.82) is 0 Å². The predicted octanol–water partition coefficient (Wildman–Crippen LogP) is -0.732. The molecule has 1 aromatic rings. The van der Waals surface area contributed by atoms with Gasteiger partial charge in [-0.1, -0.05) is 20.8 Å². The fourth-order valence-corrected chi connectivity index (χ4v) is 1.46. The first kappa shape index (κ1) is 17.8. The maximum absolute atomic E-state index is 11.5. The molecule has 0 heterocycles. The van der Waals surface area contributed by atoms with Crippen LogP contribution in [0.15, 0.2) is 12.1 Å². The third-order valence-electron chi connectivity index (χ3n) is 3.11. The van der Waals surface area contributed by atoms with E-state index in [-0.39, 0.29) is 29.6 Å². The number of nitro benzene ring substituents is 2. The molecule has 0 N–H and O–H groups in total. The summed E-state index contributed by atoms with van der Waals surface area (Å²) in [5.74, 6) is -1.15. The van der Waals surface area contributed by atoms with Gasteiger partial charge in [0.1, 0.15) is 0 Å². The summed E-state index contributed by atoms with van der Waals surface area (Å²) in [6.45, 7) is 5.48. The van der Waals surface area contributed by atoms with Crippen molar-refractivity contribution in [2.24, 2.45) is 0 Å². The Bertz CT molecular complexity index is 481. The van der Waals surface area contributed by atoms with Crippen LogP contribution in [0.1, 0.15) is 32.8 Å². The summed E-state index contributed by atoms with van der Waals surface area (Å²) in [6.07, 6.45) is 0.638. The second kappa shape index (κ2) is 6.31. The summed E-state index contributed by atoms with van der Waals surface area (Å²) in [4.78, 5) is 19.7. The molecule has 0 radical (unpaired) electrons. The molecule has 1 aromatic carbocycles. The minimum atomic E-state index is -1.15. The van der Waals surface area contributed by atoms with E-state index in [9.17, 15) is 25.3 Å². The molecule has 0 aliphatic heterocycles. The Hall–Kier alpha value is -1.18. The van der Waals surface area contributed by atoms with Crippen LogP contribution in [-0.4, -0.2) is 9.85 Å². The molecule has 0 spiro atoms. The normalized spacial score (nSPS) is 10.7. The van der Waals surface area contributed by atoms with Crippen molar-refractivity contribution in [2.75, 3.05) is 0 Å². The van der Waals surface area contributed by atoms with Crippen LogP contribution < -0.4 is 34.7 Å². The summed E-state index contributed by atoms with van der Waals surface area (Å²) in [7, 11) is 0. The van der Waals surface area contributed by atoms with Gasteiger partial charge in [0.15, 0.2) is 0 Å². The summed E-state index contributed by atoms with van der Waals surface area (Å²) in [5, 5.41) is 33.0. The van der Waals surface area contributed by atoms with Gasteiger partial charge < -0.3 is 5.11 Å². The molecule has 8 heteroatoms. The van der Waals surface area contributed by atoms with Crippen LogP contribution in [0.5, 0.6) is 5.75 Å². The summed E-state index contributed by atoms with van der Waals surface area (Å²) in [6, 6.07) is 2.25. The van der Waals surface area contributed by atoms with E-state index in [1.807, 2.05) is 6.92 Å². The SMILES string of the molecule is CCC(C)(C)c1cc([N+](=O)[O-])c([O-])c([N+](=O)[O-])c1.[Na+]. The monoisotopic (exact) mass is 276 g/mol. The van der Waals surface area contributed by atoms with E-state index in [0.717, 1.165) is 12.1 Å². The summed E-state index contributed by atoms with van der Waals surface area (Å²) in [5.41, 5.74) is -1.55. The van der Waals surface area contributed by atoms with E-state index < -0.39 is 32.4 Å². The minimum Gasteiger partial charge on any atom is -0.863 e. The molecule has 0 amide bonds. The van der Waals surface area contributed by atoms with Crippen molar-refractivity contribution in [2.45, 2.75) is 32.6 Å². The molecule has 0 aliphatic carbocycles. The summed E-state index contributed by atoms with van der Waals surface area (Å²) < 4.78 is 0. The number of rotatable bonds is 4. The third kappa shape index (κ3) is 3.65.